The number of aromatic nitrogens is 3. The average Bonchev–Trinajstić information content (AvgIpc) is 2.70. The minimum absolute atomic E-state index is 0.194. The van der Waals surface area contributed by atoms with Gasteiger partial charge in [0.15, 0.2) is 5.82 Å². The quantitative estimate of drug-likeness (QED) is 0.573. The summed E-state index contributed by atoms with van der Waals surface area (Å²) in [5.74, 6) is 5.03. The van der Waals surface area contributed by atoms with E-state index in [2.05, 4.69) is 10.2 Å². The van der Waals surface area contributed by atoms with E-state index in [0.29, 0.717) is 17.4 Å². The maximum absolute atomic E-state index is 10.4. The monoisotopic (exact) mass is 263 g/mol. The number of carbonyl (C=O) groups excluding carboxylic acids is 1. The third-order valence-corrected chi connectivity index (χ3v) is 3.18. The lowest BCUT2D eigenvalue weighted by atomic mass is 10.1. The summed E-state index contributed by atoms with van der Waals surface area (Å²) in [5, 5.41) is 18.5. The summed E-state index contributed by atoms with van der Waals surface area (Å²) < 4.78 is 1.31. The number of benzene rings is 1. The van der Waals surface area contributed by atoms with E-state index in [1.807, 2.05) is 30.3 Å². The molecule has 0 aliphatic heterocycles. The van der Waals surface area contributed by atoms with Gasteiger partial charge in [-0.3, -0.25) is 0 Å². The lowest BCUT2D eigenvalue weighted by Gasteiger charge is -2.04. The Kier molecular flexibility index (Phi) is 3.83. The number of hydrogen-bond acceptors (Lipinski definition) is 6. The number of hydrogen-bond donors (Lipinski definition) is 1. The van der Waals surface area contributed by atoms with Crippen molar-refractivity contribution in [2.24, 2.45) is 0 Å². The van der Waals surface area contributed by atoms with Gasteiger partial charge in [-0.15, -0.1) is 10.2 Å². The van der Waals surface area contributed by atoms with Gasteiger partial charge in [0, 0.05) is 12.2 Å². The van der Waals surface area contributed by atoms with E-state index in [4.69, 9.17) is 5.84 Å². The van der Waals surface area contributed by atoms with Crippen molar-refractivity contribution in [1.82, 2.24) is 14.9 Å². The van der Waals surface area contributed by atoms with E-state index < -0.39 is 5.97 Å². The molecule has 6 nitrogen and oxygen atoms in total. The first-order chi connectivity index (χ1) is 8.66. The summed E-state index contributed by atoms with van der Waals surface area (Å²) in [6.07, 6.45) is 0.552. The minimum Gasteiger partial charge on any atom is -0.549 e. The molecule has 1 aromatic carbocycles. The standard InChI is InChI=1S/C11H12N4O2S/c12-15-9(6-8-4-2-1-3-5-8)13-14-11(15)18-7-10(16)17/h1-5H,6-7,12H2,(H,16,17)/p-1. The van der Waals surface area contributed by atoms with Gasteiger partial charge in [0.25, 0.3) is 0 Å². The SMILES string of the molecule is Nn1c(Cc2ccccc2)nnc1SCC(=O)[O-]. The Morgan fingerprint density at radius 3 is 2.72 bits per heavy atom. The van der Waals surface area contributed by atoms with Gasteiger partial charge in [0.2, 0.25) is 5.16 Å². The largest absolute Gasteiger partial charge is 0.549 e. The van der Waals surface area contributed by atoms with Crippen LogP contribution < -0.4 is 10.9 Å². The maximum Gasteiger partial charge on any atom is 0.210 e. The summed E-state index contributed by atoms with van der Waals surface area (Å²) >= 11 is 0.989. The summed E-state index contributed by atoms with van der Waals surface area (Å²) in [6, 6.07) is 9.71. The van der Waals surface area contributed by atoms with Gasteiger partial charge >= 0.3 is 0 Å². The van der Waals surface area contributed by atoms with E-state index in [-0.39, 0.29) is 5.75 Å². The second-order valence-corrected chi connectivity index (χ2v) is 4.53. The Labute approximate surface area is 108 Å². The topological polar surface area (TPSA) is 96.9 Å². The Hall–Kier alpha value is -2.02. The van der Waals surface area contributed by atoms with Crippen LogP contribution in [0.15, 0.2) is 35.5 Å². The molecule has 2 aromatic rings. The van der Waals surface area contributed by atoms with Crippen molar-refractivity contribution in [2.45, 2.75) is 11.6 Å². The molecule has 7 heteroatoms. The molecule has 18 heavy (non-hydrogen) atoms. The zero-order valence-electron chi connectivity index (χ0n) is 9.44. The van der Waals surface area contributed by atoms with Crippen molar-refractivity contribution in [2.75, 3.05) is 11.6 Å². The number of carboxylic acids is 1. The number of thioether (sulfide) groups is 1. The molecule has 0 unspecified atom stereocenters. The maximum atomic E-state index is 10.4. The number of carbonyl (C=O) groups is 1. The number of nitrogens with two attached hydrogens (primary N) is 1. The molecule has 1 heterocycles. The molecule has 0 radical (unpaired) electrons. The molecule has 0 saturated carbocycles. The second kappa shape index (κ2) is 5.54. The van der Waals surface area contributed by atoms with Gasteiger partial charge in [-0.1, -0.05) is 42.1 Å². The van der Waals surface area contributed by atoms with E-state index >= 15 is 0 Å². The minimum atomic E-state index is -1.16. The molecule has 0 atom stereocenters. The summed E-state index contributed by atoms with van der Waals surface area (Å²) in [4.78, 5) is 10.4. The van der Waals surface area contributed by atoms with Gasteiger partial charge in [-0.25, -0.2) is 4.68 Å². The predicted molar refractivity (Wildman–Crippen MR) is 65.2 cm³/mol. The smallest absolute Gasteiger partial charge is 0.210 e. The van der Waals surface area contributed by atoms with E-state index in [1.165, 1.54) is 4.68 Å². The summed E-state index contributed by atoms with van der Waals surface area (Å²) in [5.41, 5.74) is 1.06. The fourth-order valence-electron chi connectivity index (χ4n) is 1.43. The van der Waals surface area contributed by atoms with E-state index in [9.17, 15) is 9.90 Å². The van der Waals surface area contributed by atoms with E-state index in [0.717, 1.165) is 17.3 Å². The van der Waals surface area contributed by atoms with Crippen molar-refractivity contribution in [3.8, 4) is 0 Å². The van der Waals surface area contributed by atoms with Crippen LogP contribution in [-0.4, -0.2) is 26.6 Å². The third-order valence-electron chi connectivity index (χ3n) is 2.26. The van der Waals surface area contributed by atoms with Crippen LogP contribution in [0.2, 0.25) is 0 Å². The van der Waals surface area contributed by atoms with Gasteiger partial charge < -0.3 is 15.7 Å². The molecule has 0 spiro atoms. The van der Waals surface area contributed by atoms with Gasteiger partial charge in [0.05, 0.1) is 5.97 Å². The van der Waals surface area contributed by atoms with Crippen LogP contribution in [0.1, 0.15) is 11.4 Å². The predicted octanol–water partition coefficient (Wildman–Crippen LogP) is -0.575. The van der Waals surface area contributed by atoms with Crippen molar-refractivity contribution >= 4 is 17.7 Å². The van der Waals surface area contributed by atoms with Crippen LogP contribution in [0, 0.1) is 0 Å². The molecule has 1 aromatic heterocycles. The molecule has 0 aliphatic carbocycles. The average molecular weight is 263 g/mol. The highest BCUT2D eigenvalue weighted by Crippen LogP contribution is 2.15. The normalized spacial score (nSPS) is 10.4. The fourth-order valence-corrected chi connectivity index (χ4v) is 2.02. The lowest BCUT2D eigenvalue weighted by molar-refractivity contribution is -0.301. The number of rotatable bonds is 5. The molecule has 94 valence electrons. The first-order valence-corrected chi connectivity index (χ1v) is 6.21. The Morgan fingerprint density at radius 1 is 1.33 bits per heavy atom. The highest BCUT2D eigenvalue weighted by Gasteiger charge is 2.10. The molecule has 0 bridgehead atoms. The van der Waals surface area contributed by atoms with Crippen molar-refractivity contribution in [1.29, 1.82) is 0 Å². The molecule has 0 amide bonds. The summed E-state index contributed by atoms with van der Waals surface area (Å²) in [6.45, 7) is 0. The third kappa shape index (κ3) is 3.01. The molecular weight excluding hydrogens is 252 g/mol. The molecule has 0 saturated heterocycles. The highest BCUT2D eigenvalue weighted by molar-refractivity contribution is 7.99. The second-order valence-electron chi connectivity index (χ2n) is 3.59. The number of nitrogen functional groups attached to an aromatic ring is 1. The number of nitrogens with zero attached hydrogens (tertiary/aromatic N) is 3. The number of carboxylic acid groups (broad SMARTS) is 1. The molecule has 2 N–H and O–H groups in total. The van der Waals surface area contributed by atoms with Crippen molar-refractivity contribution < 1.29 is 9.90 Å². The van der Waals surface area contributed by atoms with Crippen molar-refractivity contribution in [3.05, 3.63) is 41.7 Å². The van der Waals surface area contributed by atoms with Gasteiger partial charge in [0.1, 0.15) is 0 Å². The highest BCUT2D eigenvalue weighted by atomic mass is 32.2. The van der Waals surface area contributed by atoms with Crippen LogP contribution in [0.4, 0.5) is 0 Å². The molecule has 0 aliphatic rings. The zero-order valence-corrected chi connectivity index (χ0v) is 10.3. The van der Waals surface area contributed by atoms with E-state index in [1.54, 1.807) is 0 Å². The van der Waals surface area contributed by atoms with Crippen LogP contribution in [0.3, 0.4) is 0 Å². The van der Waals surface area contributed by atoms with Gasteiger partial charge in [-0.05, 0) is 5.56 Å². The lowest BCUT2D eigenvalue weighted by Crippen LogP contribution is -2.25. The van der Waals surface area contributed by atoms with Crippen molar-refractivity contribution in [3.63, 3.8) is 0 Å². The zero-order chi connectivity index (χ0) is 13.0. The molecular formula is C11H11N4O2S-. The summed E-state index contributed by atoms with van der Waals surface area (Å²) in [7, 11) is 0. The first-order valence-electron chi connectivity index (χ1n) is 5.23. The Bertz CT molecular complexity index is 541. The molecule has 2 rings (SSSR count). The number of aliphatic carboxylic acids is 1. The van der Waals surface area contributed by atoms with Crippen LogP contribution >= 0.6 is 11.8 Å². The van der Waals surface area contributed by atoms with Crippen LogP contribution in [0.5, 0.6) is 0 Å². The fraction of sp³-hybridized carbons (Fsp3) is 0.182. The van der Waals surface area contributed by atoms with Crippen LogP contribution in [-0.2, 0) is 11.2 Å². The Balaban J connectivity index is 2.08. The van der Waals surface area contributed by atoms with Gasteiger partial charge in [-0.2, -0.15) is 0 Å². The Morgan fingerprint density at radius 2 is 2.06 bits per heavy atom. The first kappa shape index (κ1) is 12.4. The molecule has 0 fully saturated rings. The van der Waals surface area contributed by atoms with Crippen LogP contribution in [0.25, 0.3) is 0 Å².